The van der Waals surface area contributed by atoms with Gasteiger partial charge in [0.15, 0.2) is 0 Å². The zero-order valence-corrected chi connectivity index (χ0v) is 9.68. The minimum atomic E-state index is 0.211. The van der Waals surface area contributed by atoms with Crippen molar-refractivity contribution in [1.82, 2.24) is 5.32 Å². The van der Waals surface area contributed by atoms with E-state index in [9.17, 15) is 0 Å². The third-order valence-corrected chi connectivity index (χ3v) is 1.87. The van der Waals surface area contributed by atoms with E-state index in [-0.39, 0.29) is 6.04 Å². The molecule has 2 heteroatoms. The molecule has 0 saturated carbocycles. The molecular weight excluding hydrogens is 174 g/mol. The molecule has 0 bridgehead atoms. The Morgan fingerprint density at radius 3 is 2.64 bits per heavy atom. The Kier molecular flexibility index (Phi) is 8.72. The van der Waals surface area contributed by atoms with E-state index < -0.39 is 0 Å². The van der Waals surface area contributed by atoms with E-state index >= 15 is 0 Å². The molecule has 0 saturated heterocycles. The Hall–Kier alpha value is -0.520. The number of ether oxygens (including phenoxy) is 1. The van der Waals surface area contributed by atoms with Gasteiger partial charge in [0.1, 0.15) is 0 Å². The fourth-order valence-electron chi connectivity index (χ4n) is 1.16. The van der Waals surface area contributed by atoms with E-state index in [2.05, 4.69) is 32.0 Å². The highest BCUT2D eigenvalue weighted by molar-refractivity contribution is 4.98. The lowest BCUT2D eigenvalue weighted by molar-refractivity contribution is 0.111. The maximum Gasteiger partial charge on any atom is 0.0687 e. The van der Waals surface area contributed by atoms with Gasteiger partial charge in [0, 0.05) is 13.2 Å². The molecule has 1 unspecified atom stereocenters. The predicted octanol–water partition coefficient (Wildman–Crippen LogP) is 2.05. The summed E-state index contributed by atoms with van der Waals surface area (Å²) in [5, 5.41) is 3.28. The van der Waals surface area contributed by atoms with E-state index in [1.807, 2.05) is 0 Å². The zero-order valence-electron chi connectivity index (χ0n) is 9.68. The standard InChI is InChI=1S/C12H23NO/c1-5-7-12(6-2)13-8-9-14-10-11(3)4/h2,11-13H,5,7-10H2,1,3-4H3. The van der Waals surface area contributed by atoms with Crippen LogP contribution in [0.5, 0.6) is 0 Å². The minimum Gasteiger partial charge on any atom is -0.380 e. The monoisotopic (exact) mass is 197 g/mol. The van der Waals surface area contributed by atoms with Gasteiger partial charge in [-0.3, -0.25) is 0 Å². The topological polar surface area (TPSA) is 21.3 Å². The summed E-state index contributed by atoms with van der Waals surface area (Å²) in [7, 11) is 0. The molecule has 0 aromatic rings. The second kappa shape index (κ2) is 9.05. The number of nitrogens with one attached hydrogen (secondary N) is 1. The molecular formula is C12H23NO. The van der Waals surface area contributed by atoms with Crippen LogP contribution in [0.4, 0.5) is 0 Å². The van der Waals surface area contributed by atoms with Crippen LogP contribution in [0.15, 0.2) is 0 Å². The summed E-state index contributed by atoms with van der Waals surface area (Å²) in [5.41, 5.74) is 0. The third kappa shape index (κ3) is 8.10. The summed E-state index contributed by atoms with van der Waals surface area (Å²) in [4.78, 5) is 0. The van der Waals surface area contributed by atoms with Gasteiger partial charge in [-0.25, -0.2) is 0 Å². The van der Waals surface area contributed by atoms with Crippen molar-refractivity contribution in [3.8, 4) is 12.3 Å². The van der Waals surface area contributed by atoms with Gasteiger partial charge in [-0.15, -0.1) is 6.42 Å². The molecule has 0 aromatic heterocycles. The zero-order chi connectivity index (χ0) is 10.8. The predicted molar refractivity (Wildman–Crippen MR) is 61.2 cm³/mol. The number of hydrogen-bond acceptors (Lipinski definition) is 2. The normalized spacial score (nSPS) is 12.8. The molecule has 0 radical (unpaired) electrons. The van der Waals surface area contributed by atoms with E-state index in [0.29, 0.717) is 5.92 Å². The average Bonchev–Trinajstić information content (AvgIpc) is 2.15. The number of rotatable bonds is 8. The Morgan fingerprint density at radius 2 is 2.14 bits per heavy atom. The maximum atomic E-state index is 5.44. The average molecular weight is 197 g/mol. The first-order chi connectivity index (χ1) is 6.70. The quantitative estimate of drug-likeness (QED) is 0.475. The van der Waals surface area contributed by atoms with Crippen LogP contribution in [0.3, 0.4) is 0 Å². The largest absolute Gasteiger partial charge is 0.380 e. The molecule has 14 heavy (non-hydrogen) atoms. The highest BCUT2D eigenvalue weighted by Gasteiger charge is 2.01. The van der Waals surface area contributed by atoms with Gasteiger partial charge in [0.25, 0.3) is 0 Å². The Labute approximate surface area is 88.4 Å². The summed E-state index contributed by atoms with van der Waals surface area (Å²) in [6.07, 6.45) is 7.53. The van der Waals surface area contributed by atoms with Crippen molar-refractivity contribution in [1.29, 1.82) is 0 Å². The molecule has 0 aliphatic carbocycles. The van der Waals surface area contributed by atoms with Crippen LogP contribution in [-0.2, 0) is 4.74 Å². The van der Waals surface area contributed by atoms with Gasteiger partial charge >= 0.3 is 0 Å². The smallest absolute Gasteiger partial charge is 0.0687 e. The molecule has 0 rings (SSSR count). The SMILES string of the molecule is C#CC(CCC)NCCOCC(C)C. The van der Waals surface area contributed by atoms with Gasteiger partial charge in [-0.1, -0.05) is 33.1 Å². The van der Waals surface area contributed by atoms with Gasteiger partial charge in [0.2, 0.25) is 0 Å². The summed E-state index contributed by atoms with van der Waals surface area (Å²) in [6.45, 7) is 8.86. The lowest BCUT2D eigenvalue weighted by Crippen LogP contribution is -2.30. The summed E-state index contributed by atoms with van der Waals surface area (Å²) < 4.78 is 5.44. The fraction of sp³-hybridized carbons (Fsp3) is 0.833. The maximum absolute atomic E-state index is 5.44. The van der Waals surface area contributed by atoms with Crippen LogP contribution < -0.4 is 5.32 Å². The lowest BCUT2D eigenvalue weighted by Gasteiger charge is -2.12. The van der Waals surface area contributed by atoms with Crippen molar-refractivity contribution in [3.63, 3.8) is 0 Å². The second-order valence-corrected chi connectivity index (χ2v) is 3.93. The van der Waals surface area contributed by atoms with Crippen molar-refractivity contribution in [2.75, 3.05) is 19.8 Å². The van der Waals surface area contributed by atoms with E-state index in [0.717, 1.165) is 32.6 Å². The van der Waals surface area contributed by atoms with E-state index in [4.69, 9.17) is 11.2 Å². The summed E-state index contributed by atoms with van der Waals surface area (Å²) in [6, 6.07) is 0.211. The molecule has 82 valence electrons. The molecule has 1 N–H and O–H groups in total. The first-order valence-corrected chi connectivity index (χ1v) is 5.48. The molecule has 2 nitrogen and oxygen atoms in total. The van der Waals surface area contributed by atoms with Crippen LogP contribution in [-0.4, -0.2) is 25.8 Å². The van der Waals surface area contributed by atoms with Gasteiger partial charge in [0.05, 0.1) is 12.6 Å². The van der Waals surface area contributed by atoms with E-state index in [1.165, 1.54) is 0 Å². The molecule has 0 spiro atoms. The number of terminal acetylenes is 1. The first-order valence-electron chi connectivity index (χ1n) is 5.48. The third-order valence-electron chi connectivity index (χ3n) is 1.87. The van der Waals surface area contributed by atoms with Crippen LogP contribution in [0.2, 0.25) is 0 Å². The summed E-state index contributed by atoms with van der Waals surface area (Å²) >= 11 is 0. The molecule has 0 aliphatic rings. The number of hydrogen-bond donors (Lipinski definition) is 1. The van der Waals surface area contributed by atoms with Crippen LogP contribution in [0.25, 0.3) is 0 Å². The van der Waals surface area contributed by atoms with Crippen molar-refractivity contribution in [3.05, 3.63) is 0 Å². The Balaban J connectivity index is 3.30. The minimum absolute atomic E-state index is 0.211. The van der Waals surface area contributed by atoms with Gasteiger partial charge < -0.3 is 10.1 Å². The Morgan fingerprint density at radius 1 is 1.43 bits per heavy atom. The molecule has 0 fully saturated rings. The highest BCUT2D eigenvalue weighted by Crippen LogP contribution is 1.95. The fourth-order valence-corrected chi connectivity index (χ4v) is 1.16. The second-order valence-electron chi connectivity index (χ2n) is 3.93. The van der Waals surface area contributed by atoms with Crippen molar-refractivity contribution < 1.29 is 4.74 Å². The van der Waals surface area contributed by atoms with Gasteiger partial charge in [-0.05, 0) is 12.3 Å². The molecule has 0 amide bonds. The Bertz CT molecular complexity index is 160. The highest BCUT2D eigenvalue weighted by atomic mass is 16.5. The molecule has 0 aliphatic heterocycles. The molecule has 0 heterocycles. The van der Waals surface area contributed by atoms with Crippen LogP contribution in [0.1, 0.15) is 33.6 Å². The molecule has 1 atom stereocenters. The lowest BCUT2D eigenvalue weighted by atomic mass is 10.2. The van der Waals surface area contributed by atoms with Crippen LogP contribution >= 0.6 is 0 Å². The van der Waals surface area contributed by atoms with Crippen molar-refractivity contribution in [2.24, 2.45) is 5.92 Å². The van der Waals surface area contributed by atoms with Crippen LogP contribution in [0, 0.1) is 18.3 Å². The summed E-state index contributed by atoms with van der Waals surface area (Å²) in [5.74, 6) is 3.34. The van der Waals surface area contributed by atoms with Crippen molar-refractivity contribution >= 4 is 0 Å². The van der Waals surface area contributed by atoms with Crippen molar-refractivity contribution in [2.45, 2.75) is 39.7 Å². The van der Waals surface area contributed by atoms with E-state index in [1.54, 1.807) is 0 Å². The molecule has 0 aromatic carbocycles. The first kappa shape index (κ1) is 13.5. The van der Waals surface area contributed by atoms with Gasteiger partial charge in [-0.2, -0.15) is 0 Å².